The minimum atomic E-state index is -0.483. The lowest BCUT2D eigenvalue weighted by molar-refractivity contribution is 0.0724. The minimum Gasteiger partial charge on any atom is -0.329 e. The average Bonchev–Trinajstić information content (AvgIpc) is 2.59. The van der Waals surface area contributed by atoms with Crippen LogP contribution in [0, 0.1) is 6.92 Å². The molecular formula is C14H20FNO. The number of benzene rings is 1. The predicted molar refractivity (Wildman–Crippen MR) is 68.0 cm³/mol. The molecule has 94 valence electrons. The topological polar surface area (TPSA) is 20.3 Å². The number of nitrogens with zero attached hydrogens (tertiary/aromatic N) is 1. The SMILES string of the molecule is CC.Cc1cccc2c1C(=O)N(CCF)C2C. The second kappa shape index (κ2) is 5.80. The van der Waals surface area contributed by atoms with Crippen LogP contribution in [0.3, 0.4) is 0 Å². The van der Waals surface area contributed by atoms with Crippen LogP contribution in [-0.4, -0.2) is 24.0 Å². The summed E-state index contributed by atoms with van der Waals surface area (Å²) in [6.07, 6.45) is 0. The van der Waals surface area contributed by atoms with Crippen molar-refractivity contribution in [2.45, 2.75) is 33.7 Å². The zero-order chi connectivity index (χ0) is 13.0. The summed E-state index contributed by atoms with van der Waals surface area (Å²) < 4.78 is 12.3. The van der Waals surface area contributed by atoms with Crippen LogP contribution >= 0.6 is 0 Å². The molecule has 0 aliphatic carbocycles. The summed E-state index contributed by atoms with van der Waals surface area (Å²) in [6.45, 7) is 7.57. The molecule has 0 spiro atoms. The molecule has 2 rings (SSSR count). The maximum atomic E-state index is 12.3. The van der Waals surface area contributed by atoms with Crippen molar-refractivity contribution in [3.8, 4) is 0 Å². The van der Waals surface area contributed by atoms with Gasteiger partial charge in [-0.3, -0.25) is 4.79 Å². The largest absolute Gasteiger partial charge is 0.329 e. The van der Waals surface area contributed by atoms with Crippen molar-refractivity contribution < 1.29 is 9.18 Å². The normalized spacial score (nSPS) is 17.6. The fourth-order valence-electron chi connectivity index (χ4n) is 2.20. The molecule has 2 nitrogen and oxygen atoms in total. The molecule has 1 amide bonds. The summed E-state index contributed by atoms with van der Waals surface area (Å²) in [6, 6.07) is 5.81. The number of hydrogen-bond donors (Lipinski definition) is 0. The van der Waals surface area contributed by atoms with Gasteiger partial charge in [0.2, 0.25) is 0 Å². The highest BCUT2D eigenvalue weighted by molar-refractivity contribution is 6.00. The summed E-state index contributed by atoms with van der Waals surface area (Å²) in [5, 5.41) is 0. The number of fused-ring (bicyclic) bond motifs is 1. The van der Waals surface area contributed by atoms with Crippen molar-refractivity contribution in [1.82, 2.24) is 4.90 Å². The van der Waals surface area contributed by atoms with Crippen LogP contribution in [0.4, 0.5) is 4.39 Å². The molecule has 1 atom stereocenters. The molecule has 1 aromatic carbocycles. The number of rotatable bonds is 2. The molecule has 1 aliphatic rings. The van der Waals surface area contributed by atoms with Gasteiger partial charge in [-0.1, -0.05) is 32.0 Å². The first-order valence-corrected chi connectivity index (χ1v) is 6.13. The summed E-state index contributed by atoms with van der Waals surface area (Å²) >= 11 is 0. The number of amides is 1. The molecule has 0 saturated heterocycles. The van der Waals surface area contributed by atoms with E-state index in [2.05, 4.69) is 0 Å². The van der Waals surface area contributed by atoms with E-state index in [1.54, 1.807) is 4.90 Å². The number of hydrogen-bond acceptors (Lipinski definition) is 1. The summed E-state index contributed by atoms with van der Waals surface area (Å²) in [5.41, 5.74) is 2.76. The van der Waals surface area contributed by atoms with E-state index in [4.69, 9.17) is 0 Å². The second-order valence-corrected chi connectivity index (χ2v) is 3.90. The van der Waals surface area contributed by atoms with Gasteiger partial charge in [0.15, 0.2) is 0 Å². The highest BCUT2D eigenvalue weighted by Crippen LogP contribution is 2.34. The molecule has 0 bridgehead atoms. The lowest BCUT2D eigenvalue weighted by atomic mass is 10.0. The van der Waals surface area contributed by atoms with E-state index in [1.807, 2.05) is 45.9 Å². The van der Waals surface area contributed by atoms with Gasteiger partial charge in [0, 0.05) is 12.1 Å². The van der Waals surface area contributed by atoms with Gasteiger partial charge in [-0.25, -0.2) is 4.39 Å². The molecule has 0 N–H and O–H groups in total. The van der Waals surface area contributed by atoms with Gasteiger partial charge in [-0.05, 0) is 25.0 Å². The second-order valence-electron chi connectivity index (χ2n) is 3.90. The first-order valence-electron chi connectivity index (χ1n) is 6.13. The van der Waals surface area contributed by atoms with Crippen molar-refractivity contribution in [1.29, 1.82) is 0 Å². The van der Waals surface area contributed by atoms with Gasteiger partial charge < -0.3 is 4.90 Å². The van der Waals surface area contributed by atoms with Crippen LogP contribution in [0.15, 0.2) is 18.2 Å². The Hall–Kier alpha value is -1.38. The van der Waals surface area contributed by atoms with E-state index in [0.29, 0.717) is 0 Å². The molecule has 1 aliphatic heterocycles. The molecule has 1 aromatic rings. The Balaban J connectivity index is 0.000000686. The quantitative estimate of drug-likeness (QED) is 0.770. The number of carbonyl (C=O) groups excluding carboxylic acids is 1. The fourth-order valence-corrected chi connectivity index (χ4v) is 2.20. The van der Waals surface area contributed by atoms with Crippen molar-refractivity contribution in [3.05, 3.63) is 34.9 Å². The van der Waals surface area contributed by atoms with Crippen molar-refractivity contribution in [2.24, 2.45) is 0 Å². The van der Waals surface area contributed by atoms with Gasteiger partial charge in [-0.2, -0.15) is 0 Å². The van der Waals surface area contributed by atoms with Crippen LogP contribution in [0.5, 0.6) is 0 Å². The highest BCUT2D eigenvalue weighted by atomic mass is 19.1. The average molecular weight is 237 g/mol. The Kier molecular flexibility index (Phi) is 4.67. The van der Waals surface area contributed by atoms with E-state index >= 15 is 0 Å². The van der Waals surface area contributed by atoms with Gasteiger partial charge >= 0.3 is 0 Å². The third-order valence-corrected chi connectivity index (χ3v) is 3.02. The van der Waals surface area contributed by atoms with Gasteiger partial charge in [0.1, 0.15) is 6.67 Å². The third kappa shape index (κ3) is 2.33. The Morgan fingerprint density at radius 2 is 2.00 bits per heavy atom. The number of halogens is 1. The molecular weight excluding hydrogens is 217 g/mol. The standard InChI is InChI=1S/C12H14FNO.C2H6/c1-8-4-3-5-10-9(2)14(7-6-13)12(15)11(8)10;1-2/h3-5,9H,6-7H2,1-2H3;1-2H3. The molecule has 1 heterocycles. The number of carbonyl (C=O) groups is 1. The molecule has 0 fully saturated rings. The van der Waals surface area contributed by atoms with Crippen molar-refractivity contribution in [3.63, 3.8) is 0 Å². The van der Waals surface area contributed by atoms with E-state index in [-0.39, 0.29) is 18.5 Å². The van der Waals surface area contributed by atoms with E-state index in [9.17, 15) is 9.18 Å². The van der Waals surface area contributed by atoms with E-state index < -0.39 is 6.67 Å². The van der Waals surface area contributed by atoms with Crippen LogP contribution < -0.4 is 0 Å². The Morgan fingerprint density at radius 1 is 1.35 bits per heavy atom. The first kappa shape index (κ1) is 13.7. The van der Waals surface area contributed by atoms with E-state index in [1.165, 1.54) is 0 Å². The van der Waals surface area contributed by atoms with Gasteiger partial charge in [0.05, 0.1) is 6.04 Å². The third-order valence-electron chi connectivity index (χ3n) is 3.02. The maximum absolute atomic E-state index is 12.3. The molecule has 0 aromatic heterocycles. The van der Waals surface area contributed by atoms with Crippen molar-refractivity contribution >= 4 is 5.91 Å². The Labute approximate surface area is 102 Å². The van der Waals surface area contributed by atoms with E-state index in [0.717, 1.165) is 16.7 Å². The molecule has 17 heavy (non-hydrogen) atoms. The lowest BCUT2D eigenvalue weighted by Gasteiger charge is -2.20. The van der Waals surface area contributed by atoms with Crippen molar-refractivity contribution in [2.75, 3.05) is 13.2 Å². The number of alkyl halides is 1. The van der Waals surface area contributed by atoms with Crippen LogP contribution in [0.1, 0.15) is 48.3 Å². The Morgan fingerprint density at radius 3 is 2.53 bits per heavy atom. The smallest absolute Gasteiger partial charge is 0.255 e. The first-order chi connectivity index (χ1) is 8.16. The van der Waals surface area contributed by atoms with Crippen LogP contribution in [0.2, 0.25) is 0 Å². The van der Waals surface area contributed by atoms with Crippen LogP contribution in [-0.2, 0) is 0 Å². The Bertz CT molecular complexity index is 403. The predicted octanol–water partition coefficient (Wildman–Crippen LogP) is 3.51. The molecule has 0 radical (unpaired) electrons. The zero-order valence-electron chi connectivity index (χ0n) is 11.0. The van der Waals surface area contributed by atoms with Gasteiger partial charge in [0.25, 0.3) is 5.91 Å². The lowest BCUT2D eigenvalue weighted by Crippen LogP contribution is -2.28. The molecule has 3 heteroatoms. The summed E-state index contributed by atoms with van der Waals surface area (Å²) in [7, 11) is 0. The monoisotopic (exact) mass is 237 g/mol. The summed E-state index contributed by atoms with van der Waals surface area (Å²) in [4.78, 5) is 13.6. The summed E-state index contributed by atoms with van der Waals surface area (Å²) in [5.74, 6) is -0.0340. The highest BCUT2D eigenvalue weighted by Gasteiger charge is 2.34. The zero-order valence-corrected chi connectivity index (χ0v) is 11.0. The fraction of sp³-hybridized carbons (Fsp3) is 0.500. The number of aryl methyl sites for hydroxylation is 1. The van der Waals surface area contributed by atoms with Gasteiger partial charge in [-0.15, -0.1) is 0 Å². The molecule has 1 unspecified atom stereocenters. The maximum Gasteiger partial charge on any atom is 0.255 e. The minimum absolute atomic E-state index is 0.00292. The molecule has 0 saturated carbocycles. The van der Waals surface area contributed by atoms with Crippen LogP contribution in [0.25, 0.3) is 0 Å².